The largest absolute Gasteiger partial charge is 0.486 e. The van der Waals surface area contributed by atoms with E-state index in [0.717, 1.165) is 11.3 Å². The van der Waals surface area contributed by atoms with Gasteiger partial charge in [-0.25, -0.2) is 0 Å². The minimum absolute atomic E-state index is 0.0651. The smallest absolute Gasteiger partial charge is 0.224 e. The van der Waals surface area contributed by atoms with Crippen molar-refractivity contribution in [2.24, 2.45) is 0 Å². The van der Waals surface area contributed by atoms with Crippen molar-refractivity contribution in [2.75, 3.05) is 13.2 Å². The van der Waals surface area contributed by atoms with Crippen molar-refractivity contribution < 1.29 is 14.3 Å². The number of nitrogens with one attached hydrogen (secondary N) is 1. The highest BCUT2D eigenvalue weighted by Crippen LogP contribution is 2.30. The number of halogens is 1. The standard InChI is InChI=1S/C17H16ClNO3/c18-13-5-3-4-12(8-13)9-17(20)19-10-14-11-21-15-6-1-2-7-16(15)22-14/h1-8,14H,9-11H2,(H,19,20). The fourth-order valence-electron chi connectivity index (χ4n) is 2.29. The van der Waals surface area contributed by atoms with Gasteiger partial charge in [-0.15, -0.1) is 0 Å². The third kappa shape index (κ3) is 3.71. The molecule has 114 valence electrons. The maximum absolute atomic E-state index is 12.0. The van der Waals surface area contributed by atoms with Crippen molar-refractivity contribution >= 4 is 17.5 Å². The first-order valence-electron chi connectivity index (χ1n) is 7.10. The molecule has 3 rings (SSSR count). The summed E-state index contributed by atoms with van der Waals surface area (Å²) in [4.78, 5) is 12.0. The molecule has 4 nitrogen and oxygen atoms in total. The number of carbonyl (C=O) groups is 1. The van der Waals surface area contributed by atoms with Crippen molar-refractivity contribution in [3.8, 4) is 11.5 Å². The second kappa shape index (κ2) is 6.71. The number of carbonyl (C=O) groups excluding carboxylic acids is 1. The lowest BCUT2D eigenvalue weighted by Gasteiger charge is -2.26. The lowest BCUT2D eigenvalue weighted by Crippen LogP contribution is -2.41. The Morgan fingerprint density at radius 2 is 2.00 bits per heavy atom. The minimum Gasteiger partial charge on any atom is -0.486 e. The van der Waals surface area contributed by atoms with Crippen molar-refractivity contribution in [3.63, 3.8) is 0 Å². The van der Waals surface area contributed by atoms with E-state index in [1.807, 2.05) is 36.4 Å². The lowest BCUT2D eigenvalue weighted by molar-refractivity contribution is -0.120. The first-order valence-corrected chi connectivity index (χ1v) is 7.48. The van der Waals surface area contributed by atoms with Crippen LogP contribution in [0.1, 0.15) is 5.56 Å². The molecule has 5 heteroatoms. The van der Waals surface area contributed by atoms with E-state index < -0.39 is 0 Å². The Morgan fingerprint density at radius 1 is 1.18 bits per heavy atom. The molecule has 0 aromatic heterocycles. The summed E-state index contributed by atoms with van der Waals surface area (Å²) >= 11 is 5.91. The molecule has 2 aromatic rings. The molecule has 2 aromatic carbocycles. The normalized spacial score (nSPS) is 16.1. The zero-order valence-electron chi connectivity index (χ0n) is 11.9. The van der Waals surface area contributed by atoms with Gasteiger partial charge in [-0.3, -0.25) is 4.79 Å². The first kappa shape index (κ1) is 14.7. The molecule has 0 saturated heterocycles. The monoisotopic (exact) mass is 317 g/mol. The lowest BCUT2D eigenvalue weighted by atomic mass is 10.1. The highest BCUT2D eigenvalue weighted by molar-refractivity contribution is 6.30. The van der Waals surface area contributed by atoms with Crippen LogP contribution in [0, 0.1) is 0 Å². The van der Waals surface area contributed by atoms with E-state index in [-0.39, 0.29) is 12.0 Å². The van der Waals surface area contributed by atoms with Crippen LogP contribution in [0.15, 0.2) is 48.5 Å². The Labute approximate surface area is 134 Å². The predicted octanol–water partition coefficient (Wildman–Crippen LogP) is 2.84. The molecule has 1 heterocycles. The minimum atomic E-state index is -0.182. The third-order valence-electron chi connectivity index (χ3n) is 3.35. The molecule has 1 amide bonds. The first-order chi connectivity index (χ1) is 10.7. The number of benzene rings is 2. The second-order valence-electron chi connectivity index (χ2n) is 5.11. The van der Waals surface area contributed by atoms with Crippen LogP contribution in [0.2, 0.25) is 5.02 Å². The highest BCUT2D eigenvalue weighted by atomic mass is 35.5. The average molecular weight is 318 g/mol. The van der Waals surface area contributed by atoms with E-state index in [2.05, 4.69) is 5.32 Å². The third-order valence-corrected chi connectivity index (χ3v) is 3.58. The Hall–Kier alpha value is -2.20. The fraction of sp³-hybridized carbons (Fsp3) is 0.235. The van der Waals surface area contributed by atoms with Gasteiger partial charge in [0.1, 0.15) is 12.7 Å². The van der Waals surface area contributed by atoms with Gasteiger partial charge in [0.25, 0.3) is 0 Å². The molecule has 0 radical (unpaired) electrons. The van der Waals surface area contributed by atoms with Gasteiger partial charge < -0.3 is 14.8 Å². The molecule has 1 N–H and O–H groups in total. The van der Waals surface area contributed by atoms with Gasteiger partial charge in [-0.2, -0.15) is 0 Å². The summed E-state index contributed by atoms with van der Waals surface area (Å²) in [5.41, 5.74) is 0.885. The fourth-order valence-corrected chi connectivity index (χ4v) is 2.50. The zero-order valence-corrected chi connectivity index (χ0v) is 12.7. The molecule has 0 spiro atoms. The molecular formula is C17H16ClNO3. The molecule has 1 unspecified atom stereocenters. The van der Waals surface area contributed by atoms with Gasteiger partial charge in [-0.1, -0.05) is 35.9 Å². The van der Waals surface area contributed by atoms with Gasteiger partial charge in [0.2, 0.25) is 5.91 Å². The summed E-state index contributed by atoms with van der Waals surface area (Å²) < 4.78 is 11.4. The Morgan fingerprint density at radius 3 is 2.82 bits per heavy atom. The topological polar surface area (TPSA) is 47.6 Å². The molecule has 1 aliphatic heterocycles. The number of amides is 1. The molecule has 1 aliphatic rings. The summed E-state index contributed by atoms with van der Waals surface area (Å²) in [5.74, 6) is 1.39. The zero-order chi connectivity index (χ0) is 15.4. The maximum Gasteiger partial charge on any atom is 0.224 e. The van der Waals surface area contributed by atoms with Crippen LogP contribution in [0.4, 0.5) is 0 Å². The maximum atomic E-state index is 12.0. The van der Waals surface area contributed by atoms with Crippen molar-refractivity contribution in [1.82, 2.24) is 5.32 Å². The van der Waals surface area contributed by atoms with Crippen LogP contribution in [-0.4, -0.2) is 25.2 Å². The van der Waals surface area contributed by atoms with Crippen molar-refractivity contribution in [2.45, 2.75) is 12.5 Å². The number of para-hydroxylation sites is 2. The number of hydrogen-bond donors (Lipinski definition) is 1. The van der Waals surface area contributed by atoms with Gasteiger partial charge in [0.05, 0.1) is 13.0 Å². The number of ether oxygens (including phenoxy) is 2. The van der Waals surface area contributed by atoms with Crippen molar-refractivity contribution in [1.29, 1.82) is 0 Å². The van der Waals surface area contributed by atoms with Crippen LogP contribution in [0.3, 0.4) is 0 Å². The van der Waals surface area contributed by atoms with E-state index in [9.17, 15) is 4.79 Å². The highest BCUT2D eigenvalue weighted by Gasteiger charge is 2.20. The Balaban J connectivity index is 1.50. The summed E-state index contributed by atoms with van der Waals surface area (Å²) in [5, 5.41) is 3.49. The van der Waals surface area contributed by atoms with Gasteiger partial charge in [-0.05, 0) is 29.8 Å². The summed E-state index contributed by atoms with van der Waals surface area (Å²) in [6, 6.07) is 14.8. The molecule has 22 heavy (non-hydrogen) atoms. The summed E-state index contributed by atoms with van der Waals surface area (Å²) in [7, 11) is 0. The summed E-state index contributed by atoms with van der Waals surface area (Å²) in [6.07, 6.45) is 0.114. The van der Waals surface area contributed by atoms with E-state index in [1.165, 1.54) is 0 Å². The van der Waals surface area contributed by atoms with E-state index >= 15 is 0 Å². The van der Waals surface area contributed by atoms with E-state index in [4.69, 9.17) is 21.1 Å². The van der Waals surface area contributed by atoms with Gasteiger partial charge in [0.15, 0.2) is 11.5 Å². The molecule has 0 fully saturated rings. The van der Waals surface area contributed by atoms with Gasteiger partial charge in [0, 0.05) is 5.02 Å². The molecule has 1 atom stereocenters. The van der Waals surface area contributed by atoms with E-state index in [1.54, 1.807) is 12.1 Å². The molecule has 0 bridgehead atoms. The molecular weight excluding hydrogens is 302 g/mol. The van der Waals surface area contributed by atoms with Crippen LogP contribution in [0.5, 0.6) is 11.5 Å². The Kier molecular flexibility index (Phi) is 4.49. The van der Waals surface area contributed by atoms with Crippen LogP contribution >= 0.6 is 11.6 Å². The molecule has 0 saturated carbocycles. The van der Waals surface area contributed by atoms with Crippen molar-refractivity contribution in [3.05, 3.63) is 59.1 Å². The van der Waals surface area contributed by atoms with Gasteiger partial charge >= 0.3 is 0 Å². The number of rotatable bonds is 4. The summed E-state index contributed by atoms with van der Waals surface area (Å²) in [6.45, 7) is 0.836. The SMILES string of the molecule is O=C(Cc1cccc(Cl)c1)NCC1COc2ccccc2O1. The van der Waals surface area contributed by atoms with Crippen LogP contribution in [0.25, 0.3) is 0 Å². The average Bonchev–Trinajstić information content (AvgIpc) is 2.53. The number of hydrogen-bond acceptors (Lipinski definition) is 3. The van der Waals surface area contributed by atoms with Crippen LogP contribution in [-0.2, 0) is 11.2 Å². The molecule has 0 aliphatic carbocycles. The Bertz CT molecular complexity index is 674. The number of fused-ring (bicyclic) bond motifs is 1. The van der Waals surface area contributed by atoms with Crippen LogP contribution < -0.4 is 14.8 Å². The van der Waals surface area contributed by atoms with E-state index in [0.29, 0.717) is 30.3 Å². The second-order valence-corrected chi connectivity index (χ2v) is 5.54. The predicted molar refractivity (Wildman–Crippen MR) is 84.5 cm³/mol. The quantitative estimate of drug-likeness (QED) is 0.943.